The highest BCUT2D eigenvalue weighted by atomic mass is 32.2. The number of rotatable bonds is 9. The molecule has 0 saturated heterocycles. The summed E-state index contributed by atoms with van der Waals surface area (Å²) in [7, 11) is -3.72. The second-order valence-electron chi connectivity index (χ2n) is 9.22. The largest absolute Gasteiger partial charge is 0.352 e. The average molecular weight is 486 g/mol. The number of nitrogens with zero attached hydrogens (tertiary/aromatic N) is 2. The van der Waals surface area contributed by atoms with Crippen LogP contribution in [0.15, 0.2) is 48.5 Å². The summed E-state index contributed by atoms with van der Waals surface area (Å²) in [6.07, 6.45) is 5.15. The van der Waals surface area contributed by atoms with Crippen molar-refractivity contribution in [2.75, 3.05) is 17.1 Å². The van der Waals surface area contributed by atoms with Crippen molar-refractivity contribution in [3.05, 3.63) is 65.2 Å². The van der Waals surface area contributed by atoms with Gasteiger partial charge in [0.15, 0.2) is 0 Å². The Hall–Kier alpha value is -2.87. The number of hydrogen-bond acceptors (Lipinski definition) is 4. The van der Waals surface area contributed by atoms with Crippen LogP contribution in [0.2, 0.25) is 0 Å². The molecule has 2 amide bonds. The Balaban J connectivity index is 1.89. The predicted molar refractivity (Wildman–Crippen MR) is 135 cm³/mol. The molecule has 1 fully saturated rings. The fourth-order valence-corrected chi connectivity index (χ4v) is 5.18. The van der Waals surface area contributed by atoms with Gasteiger partial charge in [0.05, 0.1) is 11.9 Å². The molecule has 1 atom stereocenters. The van der Waals surface area contributed by atoms with Crippen LogP contribution in [0.4, 0.5) is 5.69 Å². The van der Waals surface area contributed by atoms with Crippen LogP contribution in [0.1, 0.15) is 49.3 Å². The van der Waals surface area contributed by atoms with Gasteiger partial charge in [-0.05, 0) is 62.4 Å². The van der Waals surface area contributed by atoms with Gasteiger partial charge in [0, 0.05) is 12.6 Å². The molecule has 1 aliphatic rings. The summed E-state index contributed by atoms with van der Waals surface area (Å²) in [6, 6.07) is 14.1. The fourth-order valence-electron chi connectivity index (χ4n) is 4.34. The van der Waals surface area contributed by atoms with Gasteiger partial charge in [-0.3, -0.25) is 13.9 Å². The summed E-state index contributed by atoms with van der Waals surface area (Å²) >= 11 is 0. The van der Waals surface area contributed by atoms with Crippen LogP contribution in [-0.4, -0.2) is 50.0 Å². The zero-order valence-electron chi connectivity index (χ0n) is 20.5. The molecular weight excluding hydrogens is 450 g/mol. The van der Waals surface area contributed by atoms with Crippen molar-refractivity contribution in [3.63, 3.8) is 0 Å². The number of anilines is 1. The number of amides is 2. The third kappa shape index (κ3) is 6.59. The first-order chi connectivity index (χ1) is 16.1. The van der Waals surface area contributed by atoms with Gasteiger partial charge < -0.3 is 10.2 Å². The van der Waals surface area contributed by atoms with Crippen molar-refractivity contribution in [2.45, 2.75) is 65.1 Å². The lowest BCUT2D eigenvalue weighted by atomic mass is 10.1. The minimum Gasteiger partial charge on any atom is -0.352 e. The van der Waals surface area contributed by atoms with Gasteiger partial charge in [-0.15, -0.1) is 0 Å². The van der Waals surface area contributed by atoms with E-state index >= 15 is 0 Å². The molecule has 7 nitrogen and oxygen atoms in total. The Morgan fingerprint density at radius 2 is 1.74 bits per heavy atom. The Morgan fingerprint density at radius 3 is 2.35 bits per heavy atom. The molecule has 0 unspecified atom stereocenters. The molecule has 184 valence electrons. The topological polar surface area (TPSA) is 86.8 Å². The van der Waals surface area contributed by atoms with Crippen molar-refractivity contribution in [3.8, 4) is 0 Å². The minimum atomic E-state index is -3.72. The van der Waals surface area contributed by atoms with E-state index in [-0.39, 0.29) is 25.0 Å². The van der Waals surface area contributed by atoms with Gasteiger partial charge in [-0.2, -0.15) is 0 Å². The number of nitrogens with one attached hydrogen (secondary N) is 1. The smallest absolute Gasteiger partial charge is 0.244 e. The Morgan fingerprint density at radius 1 is 1.06 bits per heavy atom. The number of sulfonamides is 1. The SMILES string of the molecule is Cc1cccc(N(CC(=O)N(Cc2ccccc2C)[C@@H](C)C(=O)NC2CCCC2)S(C)(=O)=O)c1. The second kappa shape index (κ2) is 11.0. The van der Waals surface area contributed by atoms with Gasteiger partial charge >= 0.3 is 0 Å². The van der Waals surface area contributed by atoms with Gasteiger partial charge in [0.1, 0.15) is 12.6 Å². The first-order valence-electron chi connectivity index (χ1n) is 11.7. The maximum Gasteiger partial charge on any atom is 0.244 e. The third-order valence-corrected chi connectivity index (χ3v) is 7.58. The van der Waals surface area contributed by atoms with Crippen molar-refractivity contribution < 1.29 is 18.0 Å². The van der Waals surface area contributed by atoms with E-state index in [1.165, 1.54) is 4.90 Å². The van der Waals surface area contributed by atoms with E-state index in [1.807, 2.05) is 44.2 Å². The third-order valence-electron chi connectivity index (χ3n) is 6.44. The van der Waals surface area contributed by atoms with Crippen LogP contribution in [0, 0.1) is 13.8 Å². The molecule has 3 rings (SSSR count). The Labute approximate surface area is 203 Å². The molecule has 1 N–H and O–H groups in total. The van der Waals surface area contributed by atoms with Crippen molar-refractivity contribution in [1.29, 1.82) is 0 Å². The maximum atomic E-state index is 13.6. The highest BCUT2D eigenvalue weighted by Crippen LogP contribution is 2.22. The summed E-state index contributed by atoms with van der Waals surface area (Å²) in [4.78, 5) is 28.2. The molecule has 0 aromatic heterocycles. The summed E-state index contributed by atoms with van der Waals surface area (Å²) < 4.78 is 26.4. The van der Waals surface area contributed by atoms with Crippen LogP contribution in [0.5, 0.6) is 0 Å². The first kappa shape index (κ1) is 25.7. The molecule has 1 saturated carbocycles. The number of benzene rings is 2. The normalized spacial score (nSPS) is 15.1. The number of carbonyl (C=O) groups excluding carboxylic acids is 2. The van der Waals surface area contributed by atoms with E-state index < -0.39 is 22.0 Å². The molecule has 2 aromatic carbocycles. The van der Waals surface area contributed by atoms with Crippen LogP contribution in [0.3, 0.4) is 0 Å². The molecule has 0 spiro atoms. The summed E-state index contributed by atoms with van der Waals surface area (Å²) in [5.41, 5.74) is 3.23. The minimum absolute atomic E-state index is 0.130. The molecule has 0 heterocycles. The molecule has 1 aliphatic carbocycles. The van der Waals surface area contributed by atoms with Crippen molar-refractivity contribution in [2.24, 2.45) is 0 Å². The molecule has 0 bridgehead atoms. The van der Waals surface area contributed by atoms with E-state index in [2.05, 4.69) is 5.32 Å². The van der Waals surface area contributed by atoms with Crippen LogP contribution in [-0.2, 0) is 26.2 Å². The van der Waals surface area contributed by atoms with Crippen molar-refractivity contribution >= 4 is 27.5 Å². The standard InChI is InChI=1S/C26H35N3O4S/c1-19-10-9-15-24(16-19)29(34(4,32)33)18-25(30)28(17-22-12-6-5-11-20(22)2)21(3)26(31)27-23-13-7-8-14-23/h5-6,9-12,15-16,21,23H,7-8,13-14,17-18H2,1-4H3,(H,27,31)/t21-/m0/s1. The second-order valence-corrected chi connectivity index (χ2v) is 11.1. The van der Waals surface area contributed by atoms with Gasteiger partial charge in [-0.25, -0.2) is 8.42 Å². The van der Waals surface area contributed by atoms with E-state index in [4.69, 9.17) is 0 Å². The molecule has 0 aliphatic heterocycles. The average Bonchev–Trinajstić information content (AvgIpc) is 3.28. The number of aryl methyl sites for hydroxylation is 2. The summed E-state index contributed by atoms with van der Waals surface area (Å²) in [5, 5.41) is 3.07. The number of hydrogen-bond donors (Lipinski definition) is 1. The van der Waals surface area contributed by atoms with Gasteiger partial charge in [-0.1, -0.05) is 49.2 Å². The van der Waals surface area contributed by atoms with E-state index in [0.717, 1.165) is 52.9 Å². The van der Waals surface area contributed by atoms with Crippen LogP contribution >= 0.6 is 0 Å². The summed E-state index contributed by atoms with van der Waals surface area (Å²) in [5.74, 6) is -0.639. The van der Waals surface area contributed by atoms with E-state index in [1.54, 1.807) is 25.1 Å². The Kier molecular flexibility index (Phi) is 8.36. The van der Waals surface area contributed by atoms with E-state index in [9.17, 15) is 18.0 Å². The van der Waals surface area contributed by atoms with Crippen LogP contribution < -0.4 is 9.62 Å². The predicted octanol–water partition coefficient (Wildman–Crippen LogP) is 3.55. The van der Waals surface area contributed by atoms with Crippen molar-refractivity contribution in [1.82, 2.24) is 10.2 Å². The highest BCUT2D eigenvalue weighted by molar-refractivity contribution is 7.92. The lowest BCUT2D eigenvalue weighted by Gasteiger charge is -2.32. The fraction of sp³-hybridized carbons (Fsp3) is 0.462. The zero-order chi connectivity index (χ0) is 24.9. The molecule has 2 aromatic rings. The molecular formula is C26H35N3O4S. The monoisotopic (exact) mass is 485 g/mol. The lowest BCUT2D eigenvalue weighted by Crippen LogP contribution is -2.52. The van der Waals surface area contributed by atoms with Gasteiger partial charge in [0.25, 0.3) is 0 Å². The summed E-state index contributed by atoms with van der Waals surface area (Å²) in [6.45, 7) is 5.37. The van der Waals surface area contributed by atoms with E-state index in [0.29, 0.717) is 5.69 Å². The number of carbonyl (C=O) groups is 2. The zero-order valence-corrected chi connectivity index (χ0v) is 21.3. The first-order valence-corrected chi connectivity index (χ1v) is 13.6. The molecule has 34 heavy (non-hydrogen) atoms. The van der Waals surface area contributed by atoms with Crippen LogP contribution in [0.25, 0.3) is 0 Å². The van der Waals surface area contributed by atoms with Gasteiger partial charge in [0.2, 0.25) is 21.8 Å². The molecule has 8 heteroatoms. The molecule has 0 radical (unpaired) electrons. The quantitative estimate of drug-likeness (QED) is 0.589. The maximum absolute atomic E-state index is 13.6. The Bertz CT molecular complexity index is 1130. The highest BCUT2D eigenvalue weighted by Gasteiger charge is 2.31. The lowest BCUT2D eigenvalue weighted by molar-refractivity contribution is -0.139.